The number of halogens is 2. The molecule has 1 saturated carbocycles. The number of ether oxygens (including phenoxy) is 2. The quantitative estimate of drug-likeness (QED) is 0.147. The lowest BCUT2D eigenvalue weighted by atomic mass is 9.86. The fraction of sp³-hybridized carbons (Fsp3) is 0.586. The second kappa shape index (κ2) is 15.4. The van der Waals surface area contributed by atoms with Crippen LogP contribution in [0.1, 0.15) is 83.6 Å². The molecule has 0 unspecified atom stereocenters. The van der Waals surface area contributed by atoms with Gasteiger partial charge >= 0.3 is 17.9 Å². The van der Waals surface area contributed by atoms with Crippen molar-refractivity contribution in [3.8, 4) is 0 Å². The van der Waals surface area contributed by atoms with Crippen LogP contribution in [0.5, 0.6) is 0 Å². The predicted molar refractivity (Wildman–Crippen MR) is 135 cm³/mol. The molecule has 0 aromatic heterocycles. The number of alkyl halides is 2. The first-order chi connectivity index (χ1) is 17.6. The number of esters is 2. The van der Waals surface area contributed by atoms with E-state index in [-0.39, 0.29) is 50.5 Å². The highest BCUT2D eigenvalue weighted by Gasteiger charge is 2.45. The third-order valence-electron chi connectivity index (χ3n) is 6.64. The second-order valence-corrected chi connectivity index (χ2v) is 9.60. The maximum atomic E-state index is 14.1. The summed E-state index contributed by atoms with van der Waals surface area (Å²) in [5.74, 6) is -6.43. The molecular formula is C29H38F2O6. The molecule has 3 atom stereocenters. The van der Waals surface area contributed by atoms with Crippen molar-refractivity contribution in [1.82, 2.24) is 0 Å². The number of ketones is 2. The van der Waals surface area contributed by atoms with Gasteiger partial charge in [0.25, 0.3) is 0 Å². The Bertz CT molecular complexity index is 928. The molecule has 0 saturated heterocycles. The highest BCUT2D eigenvalue weighted by molar-refractivity contribution is 5.87. The van der Waals surface area contributed by atoms with E-state index >= 15 is 0 Å². The van der Waals surface area contributed by atoms with Gasteiger partial charge in [-0.3, -0.25) is 19.2 Å². The van der Waals surface area contributed by atoms with Gasteiger partial charge in [-0.2, -0.15) is 8.78 Å². The lowest BCUT2D eigenvalue weighted by Gasteiger charge is -2.23. The van der Waals surface area contributed by atoms with Gasteiger partial charge in [0, 0.05) is 44.4 Å². The number of allylic oxidation sites excluding steroid dienone is 2. The van der Waals surface area contributed by atoms with Gasteiger partial charge in [0.05, 0.1) is 0 Å². The molecule has 204 valence electrons. The van der Waals surface area contributed by atoms with E-state index in [4.69, 9.17) is 9.47 Å². The molecule has 1 aromatic rings. The predicted octanol–water partition coefficient (Wildman–Crippen LogP) is 6.16. The second-order valence-electron chi connectivity index (χ2n) is 9.60. The minimum atomic E-state index is -3.38. The molecule has 0 N–H and O–H groups in total. The average molecular weight is 521 g/mol. The minimum absolute atomic E-state index is 0.0242. The summed E-state index contributed by atoms with van der Waals surface area (Å²) in [6, 6.07) is 9.41. The monoisotopic (exact) mass is 520 g/mol. The Morgan fingerprint density at radius 1 is 1.08 bits per heavy atom. The molecule has 6 nitrogen and oxygen atoms in total. The Labute approximate surface area is 217 Å². The lowest BCUT2D eigenvalue weighted by molar-refractivity contribution is -0.149. The SMILES string of the molecule is CCCCC(F)(F)C(=O)CC[C@H]1[C@H](OC(C)=O)CC(=O)[C@@H]1C/C=C\CCCC(=O)OCc1ccccc1. The first kappa shape index (κ1) is 30.3. The summed E-state index contributed by atoms with van der Waals surface area (Å²) >= 11 is 0. The molecule has 1 aliphatic carbocycles. The Balaban J connectivity index is 1.83. The van der Waals surface area contributed by atoms with Crippen molar-refractivity contribution < 1.29 is 37.4 Å². The smallest absolute Gasteiger partial charge is 0.306 e. The number of Topliss-reactive ketones (excluding diaryl/α,β-unsaturated/α-hetero) is 2. The zero-order valence-electron chi connectivity index (χ0n) is 21.8. The van der Waals surface area contributed by atoms with E-state index < -0.39 is 42.0 Å². The summed E-state index contributed by atoms with van der Waals surface area (Å²) in [4.78, 5) is 48.2. The van der Waals surface area contributed by atoms with Crippen LogP contribution in [0.2, 0.25) is 0 Å². The summed E-state index contributed by atoms with van der Waals surface area (Å²) in [7, 11) is 0. The van der Waals surface area contributed by atoms with Crippen molar-refractivity contribution in [2.45, 2.75) is 96.7 Å². The molecule has 37 heavy (non-hydrogen) atoms. The number of unbranched alkanes of at least 4 members (excludes halogenated alkanes) is 2. The third kappa shape index (κ3) is 10.5. The van der Waals surface area contributed by atoms with Gasteiger partial charge < -0.3 is 9.47 Å². The Hall–Kier alpha value is -2.90. The summed E-state index contributed by atoms with van der Waals surface area (Å²) in [5, 5.41) is 0. The Kier molecular flexibility index (Phi) is 12.6. The molecule has 0 aliphatic heterocycles. The van der Waals surface area contributed by atoms with Crippen molar-refractivity contribution in [2.24, 2.45) is 11.8 Å². The van der Waals surface area contributed by atoms with Crippen LogP contribution in [0.3, 0.4) is 0 Å². The third-order valence-corrected chi connectivity index (χ3v) is 6.64. The van der Waals surface area contributed by atoms with E-state index in [9.17, 15) is 28.0 Å². The average Bonchev–Trinajstić information content (AvgIpc) is 3.15. The number of carbonyl (C=O) groups excluding carboxylic acids is 4. The van der Waals surface area contributed by atoms with Gasteiger partial charge in [-0.1, -0.05) is 55.8 Å². The van der Waals surface area contributed by atoms with Gasteiger partial charge in [0.2, 0.25) is 5.78 Å². The van der Waals surface area contributed by atoms with E-state index in [0.29, 0.717) is 25.7 Å². The van der Waals surface area contributed by atoms with Crippen LogP contribution >= 0.6 is 0 Å². The molecule has 8 heteroatoms. The van der Waals surface area contributed by atoms with Crippen LogP contribution in [0.4, 0.5) is 8.78 Å². The van der Waals surface area contributed by atoms with Crippen molar-refractivity contribution in [3.63, 3.8) is 0 Å². The van der Waals surface area contributed by atoms with Gasteiger partial charge in [-0.25, -0.2) is 0 Å². The molecule has 0 heterocycles. The first-order valence-corrected chi connectivity index (χ1v) is 13.1. The number of benzene rings is 1. The molecule has 1 aromatic carbocycles. The fourth-order valence-electron chi connectivity index (χ4n) is 4.59. The van der Waals surface area contributed by atoms with Crippen molar-refractivity contribution in [2.75, 3.05) is 0 Å². The van der Waals surface area contributed by atoms with E-state index in [2.05, 4.69) is 0 Å². The van der Waals surface area contributed by atoms with Crippen LogP contribution in [0.25, 0.3) is 0 Å². The fourth-order valence-corrected chi connectivity index (χ4v) is 4.59. The van der Waals surface area contributed by atoms with Crippen LogP contribution in [-0.2, 0) is 35.3 Å². The molecule has 2 rings (SSSR count). The lowest BCUT2D eigenvalue weighted by Crippen LogP contribution is -2.31. The van der Waals surface area contributed by atoms with Gasteiger partial charge in [-0.15, -0.1) is 0 Å². The minimum Gasteiger partial charge on any atom is -0.462 e. The van der Waals surface area contributed by atoms with Gasteiger partial charge in [-0.05, 0) is 37.7 Å². The maximum absolute atomic E-state index is 14.1. The van der Waals surface area contributed by atoms with Crippen molar-refractivity contribution in [1.29, 1.82) is 0 Å². The van der Waals surface area contributed by atoms with Gasteiger partial charge in [0.15, 0.2) is 0 Å². The zero-order chi connectivity index (χ0) is 27.3. The van der Waals surface area contributed by atoms with Crippen molar-refractivity contribution >= 4 is 23.5 Å². The van der Waals surface area contributed by atoms with E-state index in [0.717, 1.165) is 5.56 Å². The highest BCUT2D eigenvalue weighted by Crippen LogP contribution is 2.38. The maximum Gasteiger partial charge on any atom is 0.306 e. The topological polar surface area (TPSA) is 86.7 Å². The number of rotatable bonds is 16. The molecule has 1 fully saturated rings. The summed E-state index contributed by atoms with van der Waals surface area (Å²) in [5.41, 5.74) is 0.921. The van der Waals surface area contributed by atoms with Crippen LogP contribution in [0, 0.1) is 11.8 Å². The van der Waals surface area contributed by atoms with Crippen LogP contribution in [-0.4, -0.2) is 35.5 Å². The van der Waals surface area contributed by atoms with Crippen LogP contribution in [0.15, 0.2) is 42.5 Å². The molecule has 0 spiro atoms. The summed E-state index contributed by atoms with van der Waals surface area (Å²) in [6.07, 6.45) is 4.90. The normalized spacial score (nSPS) is 19.8. The molecular weight excluding hydrogens is 482 g/mol. The first-order valence-electron chi connectivity index (χ1n) is 13.1. The molecule has 1 aliphatic rings. The van der Waals surface area contributed by atoms with E-state index in [1.807, 2.05) is 42.5 Å². The largest absolute Gasteiger partial charge is 0.462 e. The zero-order valence-corrected chi connectivity index (χ0v) is 21.8. The summed E-state index contributed by atoms with van der Waals surface area (Å²) < 4.78 is 38.8. The number of hydrogen-bond donors (Lipinski definition) is 0. The standard InChI is InChI=1S/C29H38F2O6/c1-3-4-18-29(30,31)27(34)17-16-24-23(25(33)19-26(24)37-21(2)32)14-10-5-6-11-15-28(35)36-20-22-12-8-7-9-13-22/h5,7-10,12-13,23-24,26H,3-4,6,11,14-20H2,1-2H3/b10-5-/t23-,24-,26-/m1/s1. The highest BCUT2D eigenvalue weighted by atomic mass is 19.3. The Morgan fingerprint density at radius 2 is 1.81 bits per heavy atom. The summed E-state index contributed by atoms with van der Waals surface area (Å²) in [6.45, 7) is 3.26. The van der Waals surface area contributed by atoms with Gasteiger partial charge in [0.1, 0.15) is 18.5 Å². The van der Waals surface area contributed by atoms with Crippen LogP contribution < -0.4 is 0 Å². The molecule has 0 radical (unpaired) electrons. The molecule has 0 amide bonds. The van der Waals surface area contributed by atoms with E-state index in [1.165, 1.54) is 6.92 Å². The molecule has 0 bridgehead atoms. The van der Waals surface area contributed by atoms with E-state index in [1.54, 1.807) is 6.92 Å². The van der Waals surface area contributed by atoms with Crippen molar-refractivity contribution in [3.05, 3.63) is 48.0 Å². The Morgan fingerprint density at radius 3 is 2.49 bits per heavy atom. The number of carbonyl (C=O) groups is 4. The number of hydrogen-bond acceptors (Lipinski definition) is 6.